The van der Waals surface area contributed by atoms with Crippen molar-refractivity contribution >= 4 is 34.1 Å². The van der Waals surface area contributed by atoms with E-state index in [9.17, 15) is 17.6 Å². The number of fused-ring (bicyclic) bond motifs is 1. The molecule has 188 valence electrons. The Morgan fingerprint density at radius 2 is 1.71 bits per heavy atom. The molecule has 0 spiro atoms. The van der Waals surface area contributed by atoms with Gasteiger partial charge in [-0.1, -0.05) is 35.3 Å². The third kappa shape index (κ3) is 6.47. The van der Waals surface area contributed by atoms with Crippen molar-refractivity contribution in [3.05, 3.63) is 63.5 Å². The Hall–Kier alpha value is -2.31. The van der Waals surface area contributed by atoms with Crippen LogP contribution in [0.2, 0.25) is 10.2 Å². The highest BCUT2D eigenvalue weighted by Gasteiger charge is 2.36. The Bertz CT molecular complexity index is 1170. The summed E-state index contributed by atoms with van der Waals surface area (Å²) in [6.07, 6.45) is 5.18. The zero-order chi connectivity index (χ0) is 25.8. The van der Waals surface area contributed by atoms with Crippen LogP contribution >= 0.6 is 23.2 Å². The summed E-state index contributed by atoms with van der Waals surface area (Å²) in [4.78, 5) is 2.22. The van der Waals surface area contributed by atoms with E-state index < -0.39 is 12.7 Å². The molecule has 0 unspecified atom stereocenters. The van der Waals surface area contributed by atoms with Crippen LogP contribution in [0.25, 0.3) is 10.9 Å². The third-order valence-corrected chi connectivity index (χ3v) is 6.71. The van der Waals surface area contributed by atoms with Gasteiger partial charge in [0.15, 0.2) is 5.15 Å². The van der Waals surface area contributed by atoms with Crippen LogP contribution < -0.4 is 0 Å². The van der Waals surface area contributed by atoms with Gasteiger partial charge in [0.05, 0.1) is 18.7 Å². The summed E-state index contributed by atoms with van der Waals surface area (Å²) in [5.41, 5.74) is 1.39. The normalized spacial score (nSPS) is 16.1. The van der Waals surface area contributed by atoms with Crippen molar-refractivity contribution in [3.8, 4) is 12.8 Å². The number of likely N-dealkylation sites (tertiary alicyclic amines) is 1. The Labute approximate surface area is 211 Å². The van der Waals surface area contributed by atoms with Gasteiger partial charge in [-0.2, -0.15) is 18.3 Å². The van der Waals surface area contributed by atoms with Crippen LogP contribution in [0.5, 0.6) is 0 Å². The van der Waals surface area contributed by atoms with Crippen molar-refractivity contribution in [2.75, 3.05) is 26.7 Å². The van der Waals surface area contributed by atoms with Crippen LogP contribution in [0.4, 0.5) is 17.6 Å². The van der Waals surface area contributed by atoms with Gasteiger partial charge < -0.3 is 9.64 Å². The number of alkyl halides is 3. The average molecular weight is 530 g/mol. The standard InChI is InChI=1S/C23H23Cl2F4N3O.C2H2/c1-31-8-6-22(7-9-31,16-2-4-18(26)5-3-16)14-33-12-15-10-17(24)11-19-20(15)32(30-21(19)25)13-23(27,28)29;1-2/h2-5,10-11H,6-9,12-14H2,1H3;1-2H. The highest BCUT2D eigenvalue weighted by Crippen LogP contribution is 2.37. The third-order valence-electron chi connectivity index (χ3n) is 6.21. The molecule has 2 aromatic carbocycles. The number of ether oxygens (including phenoxy) is 1. The van der Waals surface area contributed by atoms with Gasteiger partial charge in [0, 0.05) is 21.4 Å². The molecule has 0 atom stereocenters. The van der Waals surface area contributed by atoms with E-state index in [0.717, 1.165) is 36.2 Å². The number of hydrogen-bond donors (Lipinski definition) is 0. The molecule has 2 heterocycles. The maximum absolute atomic E-state index is 13.5. The van der Waals surface area contributed by atoms with Gasteiger partial charge >= 0.3 is 6.18 Å². The van der Waals surface area contributed by atoms with Crippen molar-refractivity contribution in [2.45, 2.75) is 37.6 Å². The Morgan fingerprint density at radius 3 is 2.31 bits per heavy atom. The highest BCUT2D eigenvalue weighted by atomic mass is 35.5. The first-order valence-corrected chi connectivity index (χ1v) is 11.6. The number of benzene rings is 2. The number of nitrogens with zero attached hydrogens (tertiary/aromatic N) is 3. The molecule has 1 aliphatic heterocycles. The molecule has 0 N–H and O–H groups in total. The fourth-order valence-electron chi connectivity index (χ4n) is 4.44. The zero-order valence-electron chi connectivity index (χ0n) is 19.1. The minimum absolute atomic E-state index is 0.0374. The number of aromatic nitrogens is 2. The fourth-order valence-corrected chi connectivity index (χ4v) is 4.92. The van der Waals surface area contributed by atoms with E-state index in [0.29, 0.717) is 22.6 Å². The summed E-state index contributed by atoms with van der Waals surface area (Å²) in [5.74, 6) is -0.307. The van der Waals surface area contributed by atoms with Crippen LogP contribution in [0.1, 0.15) is 24.0 Å². The molecular weight excluding hydrogens is 505 g/mol. The number of piperidine rings is 1. The van der Waals surface area contributed by atoms with Crippen molar-refractivity contribution in [1.82, 2.24) is 14.7 Å². The Morgan fingerprint density at radius 1 is 1.09 bits per heavy atom. The summed E-state index contributed by atoms with van der Waals surface area (Å²) >= 11 is 12.3. The number of terminal acetylenes is 1. The first-order valence-electron chi connectivity index (χ1n) is 10.8. The Kier molecular flexibility index (Phi) is 8.71. The maximum atomic E-state index is 13.5. The molecule has 4 nitrogen and oxygen atoms in total. The van der Waals surface area contributed by atoms with E-state index in [4.69, 9.17) is 27.9 Å². The quantitative estimate of drug-likeness (QED) is 0.270. The van der Waals surface area contributed by atoms with Crippen molar-refractivity contribution in [1.29, 1.82) is 0 Å². The molecule has 4 rings (SSSR count). The van der Waals surface area contributed by atoms with E-state index in [-0.39, 0.29) is 28.5 Å². The molecular formula is C25H25Cl2F4N3O. The molecule has 0 radical (unpaired) electrons. The van der Waals surface area contributed by atoms with Gasteiger partial charge in [-0.15, -0.1) is 12.8 Å². The minimum atomic E-state index is -4.46. The molecule has 1 fully saturated rings. The highest BCUT2D eigenvalue weighted by molar-refractivity contribution is 6.36. The van der Waals surface area contributed by atoms with E-state index in [1.54, 1.807) is 18.2 Å². The topological polar surface area (TPSA) is 30.3 Å². The Balaban J connectivity index is 0.00000167. The molecule has 0 bridgehead atoms. The zero-order valence-corrected chi connectivity index (χ0v) is 20.6. The van der Waals surface area contributed by atoms with Gasteiger partial charge in [0.25, 0.3) is 0 Å². The predicted molar refractivity (Wildman–Crippen MR) is 130 cm³/mol. The second kappa shape index (κ2) is 11.2. The van der Waals surface area contributed by atoms with Crippen LogP contribution in [0, 0.1) is 18.7 Å². The lowest BCUT2D eigenvalue weighted by Gasteiger charge is -2.41. The second-order valence-corrected chi connectivity index (χ2v) is 9.40. The lowest BCUT2D eigenvalue weighted by atomic mass is 9.73. The summed E-state index contributed by atoms with van der Waals surface area (Å²) in [6.45, 7) is 0.820. The largest absolute Gasteiger partial charge is 0.408 e. The van der Waals surface area contributed by atoms with Gasteiger partial charge in [0.1, 0.15) is 12.4 Å². The molecule has 35 heavy (non-hydrogen) atoms. The second-order valence-electron chi connectivity index (χ2n) is 8.61. The first kappa shape index (κ1) is 27.3. The molecule has 1 saturated heterocycles. The SMILES string of the molecule is C#C.CN1CCC(COCc2cc(Cl)cc3c(Cl)nn(CC(F)(F)F)c23)(c2ccc(F)cc2)CC1. The van der Waals surface area contributed by atoms with Gasteiger partial charge in [0.2, 0.25) is 0 Å². The summed E-state index contributed by atoms with van der Waals surface area (Å²) in [5, 5.41) is 4.50. The monoisotopic (exact) mass is 529 g/mol. The number of hydrogen-bond acceptors (Lipinski definition) is 3. The predicted octanol–water partition coefficient (Wildman–Crippen LogP) is 6.47. The molecule has 0 saturated carbocycles. The summed E-state index contributed by atoms with van der Waals surface area (Å²) in [6, 6.07) is 9.51. The summed E-state index contributed by atoms with van der Waals surface area (Å²) < 4.78 is 59.7. The molecule has 1 aromatic heterocycles. The summed E-state index contributed by atoms with van der Waals surface area (Å²) in [7, 11) is 2.05. The van der Waals surface area contributed by atoms with Gasteiger partial charge in [-0.25, -0.2) is 4.39 Å². The van der Waals surface area contributed by atoms with Gasteiger partial charge in [-0.3, -0.25) is 4.68 Å². The van der Waals surface area contributed by atoms with E-state index >= 15 is 0 Å². The van der Waals surface area contributed by atoms with Gasteiger partial charge in [-0.05, 0) is 62.8 Å². The first-order chi connectivity index (χ1) is 16.6. The minimum Gasteiger partial charge on any atom is -0.376 e. The number of rotatable bonds is 6. The van der Waals surface area contributed by atoms with E-state index in [2.05, 4.69) is 22.8 Å². The molecule has 1 aliphatic rings. The molecule has 3 aromatic rings. The van der Waals surface area contributed by atoms with E-state index in [1.165, 1.54) is 18.2 Å². The average Bonchev–Trinajstić information content (AvgIpc) is 3.10. The van der Waals surface area contributed by atoms with Crippen molar-refractivity contribution in [2.24, 2.45) is 0 Å². The maximum Gasteiger partial charge on any atom is 0.408 e. The number of halogens is 6. The fraction of sp³-hybridized carbons (Fsp3) is 0.400. The van der Waals surface area contributed by atoms with Crippen molar-refractivity contribution in [3.63, 3.8) is 0 Å². The molecule has 10 heteroatoms. The lowest BCUT2D eigenvalue weighted by Crippen LogP contribution is -2.43. The van der Waals surface area contributed by atoms with E-state index in [1.807, 2.05) is 7.05 Å². The smallest absolute Gasteiger partial charge is 0.376 e. The van der Waals surface area contributed by atoms with Crippen LogP contribution in [-0.2, 0) is 23.3 Å². The molecule has 0 aliphatic carbocycles. The van der Waals surface area contributed by atoms with Crippen LogP contribution in [-0.4, -0.2) is 47.6 Å². The van der Waals surface area contributed by atoms with Crippen LogP contribution in [0.3, 0.4) is 0 Å². The van der Waals surface area contributed by atoms with Crippen molar-refractivity contribution < 1.29 is 22.3 Å². The van der Waals surface area contributed by atoms with Crippen LogP contribution in [0.15, 0.2) is 36.4 Å². The lowest BCUT2D eigenvalue weighted by molar-refractivity contribution is -0.141. The molecule has 0 amide bonds.